The fraction of sp³-hybridized carbons (Fsp3) is 0.455. The molecule has 4 amide bonds. The van der Waals surface area contributed by atoms with E-state index in [2.05, 4.69) is 16.0 Å². The molecule has 37 heavy (non-hydrogen) atoms. The number of hydrogen-bond donors (Lipinski definition) is 9. The number of rotatable bonds is 15. The molecule has 0 spiro atoms. The van der Waals surface area contributed by atoms with Gasteiger partial charge in [0.05, 0.1) is 12.5 Å². The largest absolute Gasteiger partial charge is 0.508 e. The van der Waals surface area contributed by atoms with E-state index in [1.807, 2.05) is 0 Å². The van der Waals surface area contributed by atoms with Crippen molar-refractivity contribution in [2.45, 2.75) is 62.9 Å². The number of benzene rings is 1. The highest BCUT2D eigenvalue weighted by Gasteiger charge is 2.32. The summed E-state index contributed by atoms with van der Waals surface area (Å²) < 4.78 is 0. The van der Waals surface area contributed by atoms with Crippen LogP contribution in [0.15, 0.2) is 24.3 Å². The maximum absolute atomic E-state index is 13.0. The van der Waals surface area contributed by atoms with Crippen LogP contribution in [0.2, 0.25) is 0 Å². The van der Waals surface area contributed by atoms with Crippen molar-refractivity contribution < 1.29 is 49.2 Å². The maximum atomic E-state index is 13.0. The van der Waals surface area contributed by atoms with Gasteiger partial charge >= 0.3 is 11.9 Å². The fourth-order valence-electron chi connectivity index (χ4n) is 3.04. The van der Waals surface area contributed by atoms with Gasteiger partial charge in [0.15, 0.2) is 0 Å². The Balaban J connectivity index is 3.18. The molecular formula is C22H31N5O10. The second-order valence-electron chi connectivity index (χ2n) is 8.26. The molecule has 0 aliphatic heterocycles. The predicted octanol–water partition coefficient (Wildman–Crippen LogP) is -3.08. The van der Waals surface area contributed by atoms with Crippen molar-refractivity contribution in [3.8, 4) is 5.75 Å². The number of primary amides is 1. The number of phenols is 1. The van der Waals surface area contributed by atoms with Crippen LogP contribution in [-0.2, 0) is 35.2 Å². The van der Waals surface area contributed by atoms with Gasteiger partial charge in [0.25, 0.3) is 0 Å². The highest BCUT2D eigenvalue weighted by atomic mass is 16.4. The fourth-order valence-corrected chi connectivity index (χ4v) is 3.04. The first-order valence-electron chi connectivity index (χ1n) is 11.1. The summed E-state index contributed by atoms with van der Waals surface area (Å²) in [7, 11) is 0. The highest BCUT2D eigenvalue weighted by Crippen LogP contribution is 2.12. The number of amides is 4. The molecule has 0 radical (unpaired) electrons. The number of carbonyl (C=O) groups is 6. The Morgan fingerprint density at radius 3 is 1.86 bits per heavy atom. The molecule has 1 rings (SSSR count). The molecule has 0 aliphatic carbocycles. The van der Waals surface area contributed by atoms with Crippen molar-refractivity contribution in [3.05, 3.63) is 29.8 Å². The number of hydrogen-bond acceptors (Lipinski definition) is 9. The summed E-state index contributed by atoms with van der Waals surface area (Å²) in [6, 6.07) is -0.683. The predicted molar refractivity (Wildman–Crippen MR) is 126 cm³/mol. The minimum Gasteiger partial charge on any atom is -0.508 e. The third-order valence-electron chi connectivity index (χ3n) is 5.14. The first-order chi connectivity index (χ1) is 17.2. The molecule has 5 atom stereocenters. The molecule has 0 saturated carbocycles. The van der Waals surface area contributed by atoms with E-state index in [0.29, 0.717) is 5.56 Å². The third kappa shape index (κ3) is 10.9. The van der Waals surface area contributed by atoms with Gasteiger partial charge in [-0.1, -0.05) is 12.1 Å². The van der Waals surface area contributed by atoms with E-state index in [-0.39, 0.29) is 25.0 Å². The number of carboxylic acids is 2. The van der Waals surface area contributed by atoms with Crippen molar-refractivity contribution in [1.29, 1.82) is 0 Å². The monoisotopic (exact) mass is 525 g/mol. The average molecular weight is 526 g/mol. The molecular weight excluding hydrogens is 494 g/mol. The van der Waals surface area contributed by atoms with Crippen LogP contribution in [0.3, 0.4) is 0 Å². The van der Waals surface area contributed by atoms with Crippen molar-refractivity contribution in [2.75, 3.05) is 0 Å². The molecule has 15 heteroatoms. The van der Waals surface area contributed by atoms with Gasteiger partial charge in [-0.15, -0.1) is 0 Å². The molecule has 1 aromatic rings. The van der Waals surface area contributed by atoms with Crippen LogP contribution >= 0.6 is 0 Å². The number of aliphatic hydroxyl groups is 1. The Kier molecular flexibility index (Phi) is 11.9. The van der Waals surface area contributed by atoms with Gasteiger partial charge in [-0.05, 0) is 31.0 Å². The van der Waals surface area contributed by atoms with Crippen LogP contribution in [0.1, 0.15) is 31.7 Å². The SMILES string of the molecule is CC(O)C(N)C(=O)NC(CC(=O)O)C(=O)NC(Cc1ccc(O)cc1)C(=O)NC(CCC(N)=O)C(=O)O. The van der Waals surface area contributed by atoms with Crippen LogP contribution in [-0.4, -0.2) is 86.3 Å². The lowest BCUT2D eigenvalue weighted by Crippen LogP contribution is -2.59. The van der Waals surface area contributed by atoms with E-state index >= 15 is 0 Å². The van der Waals surface area contributed by atoms with E-state index in [1.54, 1.807) is 0 Å². The molecule has 0 bridgehead atoms. The average Bonchev–Trinajstić information content (AvgIpc) is 2.80. The Hall–Kier alpha value is -4.24. The second kappa shape index (κ2) is 14.4. The topological polar surface area (TPSA) is 271 Å². The summed E-state index contributed by atoms with van der Waals surface area (Å²) in [6.45, 7) is 1.21. The summed E-state index contributed by atoms with van der Waals surface area (Å²) >= 11 is 0. The van der Waals surface area contributed by atoms with Crippen molar-refractivity contribution in [1.82, 2.24) is 16.0 Å². The second-order valence-corrected chi connectivity index (χ2v) is 8.26. The number of nitrogens with two attached hydrogens (primary N) is 2. The lowest BCUT2D eigenvalue weighted by atomic mass is 10.0. The zero-order valence-electron chi connectivity index (χ0n) is 19.9. The van der Waals surface area contributed by atoms with Gasteiger partial charge in [0, 0.05) is 12.8 Å². The zero-order valence-corrected chi connectivity index (χ0v) is 19.9. The Bertz CT molecular complexity index is 998. The first-order valence-corrected chi connectivity index (χ1v) is 11.1. The minimum atomic E-state index is -1.70. The van der Waals surface area contributed by atoms with Crippen LogP contribution < -0.4 is 27.4 Å². The van der Waals surface area contributed by atoms with Gasteiger partial charge in [-0.25, -0.2) is 4.79 Å². The number of carbonyl (C=O) groups excluding carboxylic acids is 4. The zero-order chi connectivity index (χ0) is 28.3. The van der Waals surface area contributed by atoms with Gasteiger partial charge < -0.3 is 47.8 Å². The van der Waals surface area contributed by atoms with Gasteiger partial charge in [0.1, 0.15) is 29.9 Å². The number of aromatic hydroxyl groups is 1. The first kappa shape index (κ1) is 30.8. The molecule has 0 fully saturated rings. The molecule has 5 unspecified atom stereocenters. The third-order valence-corrected chi connectivity index (χ3v) is 5.14. The summed E-state index contributed by atoms with van der Waals surface area (Å²) in [5.74, 6) is -6.92. The quantitative estimate of drug-likeness (QED) is 0.111. The smallest absolute Gasteiger partial charge is 0.326 e. The molecule has 15 nitrogen and oxygen atoms in total. The number of carboxylic acid groups (broad SMARTS) is 2. The van der Waals surface area contributed by atoms with Crippen LogP contribution in [0.25, 0.3) is 0 Å². The number of phenolic OH excluding ortho intramolecular Hbond substituents is 1. The molecule has 0 aromatic heterocycles. The van der Waals surface area contributed by atoms with Crippen LogP contribution in [0.4, 0.5) is 0 Å². The van der Waals surface area contributed by atoms with Crippen molar-refractivity contribution in [3.63, 3.8) is 0 Å². The van der Waals surface area contributed by atoms with Crippen molar-refractivity contribution in [2.24, 2.45) is 11.5 Å². The highest BCUT2D eigenvalue weighted by molar-refractivity contribution is 5.95. The van der Waals surface area contributed by atoms with E-state index in [9.17, 15) is 44.1 Å². The molecule has 204 valence electrons. The summed E-state index contributed by atoms with van der Waals surface area (Å²) in [4.78, 5) is 71.9. The Labute approximate surface area is 211 Å². The van der Waals surface area contributed by atoms with Gasteiger partial charge in [-0.2, -0.15) is 0 Å². The lowest BCUT2D eigenvalue weighted by Gasteiger charge is -2.25. The molecule has 11 N–H and O–H groups in total. The van der Waals surface area contributed by atoms with Crippen LogP contribution in [0.5, 0.6) is 5.75 Å². The number of aliphatic hydroxyl groups excluding tert-OH is 1. The molecule has 1 aromatic carbocycles. The summed E-state index contributed by atoms with van der Waals surface area (Å²) in [5.41, 5.74) is 11.0. The van der Waals surface area contributed by atoms with Crippen molar-refractivity contribution >= 4 is 35.6 Å². The standard InChI is InChI=1S/C22H31N5O10/c1-10(28)18(24)21(35)27-15(9-17(31)32)20(34)26-14(8-11-2-4-12(29)5-3-11)19(33)25-13(22(36)37)6-7-16(23)30/h2-5,10,13-15,18,28-29H,6-9,24H2,1H3,(H2,23,30)(H,25,33)(H,26,34)(H,27,35)(H,31,32)(H,36,37). The molecule has 0 saturated heterocycles. The number of nitrogens with one attached hydrogen (secondary N) is 3. The Morgan fingerprint density at radius 2 is 1.38 bits per heavy atom. The van der Waals surface area contributed by atoms with E-state index in [0.717, 1.165) is 0 Å². The number of aliphatic carboxylic acids is 2. The Morgan fingerprint density at radius 1 is 0.865 bits per heavy atom. The van der Waals surface area contributed by atoms with E-state index in [1.165, 1.54) is 31.2 Å². The van der Waals surface area contributed by atoms with E-state index in [4.69, 9.17) is 16.6 Å². The van der Waals surface area contributed by atoms with E-state index < -0.39 is 72.3 Å². The van der Waals surface area contributed by atoms with Gasteiger partial charge in [-0.3, -0.25) is 24.0 Å². The summed E-state index contributed by atoms with van der Waals surface area (Å²) in [5, 5.41) is 44.1. The van der Waals surface area contributed by atoms with Crippen LogP contribution in [0, 0.1) is 0 Å². The summed E-state index contributed by atoms with van der Waals surface area (Å²) in [6.07, 6.45) is -3.10. The molecule has 0 aliphatic rings. The lowest BCUT2D eigenvalue weighted by molar-refractivity contribution is -0.143. The van der Waals surface area contributed by atoms with Gasteiger partial charge in [0.2, 0.25) is 23.6 Å². The minimum absolute atomic E-state index is 0.0788. The normalized spacial score (nSPS) is 14.8. The maximum Gasteiger partial charge on any atom is 0.326 e. The molecule has 0 heterocycles.